The van der Waals surface area contributed by atoms with Crippen LogP contribution < -0.4 is 5.32 Å². The second-order valence-corrected chi connectivity index (χ2v) is 5.33. The van der Waals surface area contributed by atoms with E-state index in [1.807, 2.05) is 0 Å². The van der Waals surface area contributed by atoms with E-state index >= 15 is 0 Å². The molecule has 0 aliphatic rings. The van der Waals surface area contributed by atoms with E-state index in [0.29, 0.717) is 6.42 Å². The van der Waals surface area contributed by atoms with Crippen LogP contribution in [0, 0.1) is 0 Å². The van der Waals surface area contributed by atoms with Crippen LogP contribution in [-0.2, 0) is 9.84 Å². The summed E-state index contributed by atoms with van der Waals surface area (Å²) in [6.07, 6.45) is 7.15. The van der Waals surface area contributed by atoms with E-state index in [-0.39, 0.29) is 5.75 Å². The first-order valence-corrected chi connectivity index (χ1v) is 6.65. The minimum Gasteiger partial charge on any atom is -0.313 e. The van der Waals surface area contributed by atoms with Gasteiger partial charge in [-0.05, 0) is 19.4 Å². The van der Waals surface area contributed by atoms with Crippen molar-refractivity contribution in [2.24, 2.45) is 0 Å². The molecule has 1 N–H and O–H groups in total. The minimum atomic E-state index is -2.78. The zero-order valence-corrected chi connectivity index (χ0v) is 9.23. The van der Waals surface area contributed by atoms with Gasteiger partial charge in [-0.2, -0.15) is 0 Å². The Balaban J connectivity index is 3.23. The molecular weight excluding hydrogens is 186 g/mol. The van der Waals surface area contributed by atoms with Crippen molar-refractivity contribution in [3.8, 4) is 0 Å². The Bertz CT molecular complexity index is 232. The van der Waals surface area contributed by atoms with Gasteiger partial charge in [0.2, 0.25) is 0 Å². The van der Waals surface area contributed by atoms with E-state index in [1.165, 1.54) is 6.26 Å². The van der Waals surface area contributed by atoms with Gasteiger partial charge in [0.15, 0.2) is 0 Å². The molecule has 0 saturated carbocycles. The molecule has 0 aromatic heterocycles. The summed E-state index contributed by atoms with van der Waals surface area (Å²) >= 11 is 0. The highest BCUT2D eigenvalue weighted by atomic mass is 32.2. The molecule has 0 atom stereocenters. The van der Waals surface area contributed by atoms with Gasteiger partial charge in [0.25, 0.3) is 0 Å². The molecule has 0 aromatic rings. The monoisotopic (exact) mass is 205 g/mol. The van der Waals surface area contributed by atoms with Crippen molar-refractivity contribution in [3.05, 3.63) is 12.2 Å². The maximum Gasteiger partial charge on any atom is 0.147 e. The molecule has 0 aliphatic carbocycles. The van der Waals surface area contributed by atoms with Crippen LogP contribution in [0.2, 0.25) is 0 Å². The molecule has 0 saturated heterocycles. The SMILES string of the molecule is CC/C=C/CNCCCS(C)(=O)=O. The standard InChI is InChI=1S/C9H19NO2S/c1-3-4-5-7-10-8-6-9-13(2,11)12/h4-5,10H,3,6-9H2,1-2H3/b5-4+. The average Bonchev–Trinajstić information content (AvgIpc) is 2.01. The fourth-order valence-corrected chi connectivity index (χ4v) is 1.56. The number of rotatable bonds is 7. The number of hydrogen-bond donors (Lipinski definition) is 1. The summed E-state index contributed by atoms with van der Waals surface area (Å²) in [5.74, 6) is 0.275. The highest BCUT2D eigenvalue weighted by molar-refractivity contribution is 7.90. The van der Waals surface area contributed by atoms with E-state index in [2.05, 4.69) is 24.4 Å². The molecule has 13 heavy (non-hydrogen) atoms. The summed E-state index contributed by atoms with van der Waals surface area (Å²) < 4.78 is 21.4. The molecule has 4 heteroatoms. The Morgan fingerprint density at radius 1 is 1.31 bits per heavy atom. The first kappa shape index (κ1) is 12.7. The van der Waals surface area contributed by atoms with Gasteiger partial charge in [0.1, 0.15) is 9.84 Å². The second-order valence-electron chi connectivity index (χ2n) is 3.07. The molecule has 0 bridgehead atoms. The molecule has 0 aromatic carbocycles. The number of sulfone groups is 1. The Hall–Kier alpha value is -0.350. The third kappa shape index (κ3) is 11.7. The molecule has 0 heterocycles. The fourth-order valence-electron chi connectivity index (χ4n) is 0.895. The van der Waals surface area contributed by atoms with Crippen molar-refractivity contribution in [1.29, 1.82) is 0 Å². The van der Waals surface area contributed by atoms with Gasteiger partial charge >= 0.3 is 0 Å². The topological polar surface area (TPSA) is 46.2 Å². The van der Waals surface area contributed by atoms with Gasteiger partial charge in [-0.3, -0.25) is 0 Å². The largest absolute Gasteiger partial charge is 0.313 e. The first-order valence-electron chi connectivity index (χ1n) is 4.59. The summed E-state index contributed by atoms with van der Waals surface area (Å²) in [5.41, 5.74) is 0. The molecule has 0 amide bonds. The third-order valence-corrected chi connectivity index (χ3v) is 2.56. The fraction of sp³-hybridized carbons (Fsp3) is 0.778. The van der Waals surface area contributed by atoms with E-state index in [4.69, 9.17) is 0 Å². The summed E-state index contributed by atoms with van der Waals surface area (Å²) in [6.45, 7) is 3.68. The Morgan fingerprint density at radius 3 is 2.54 bits per heavy atom. The Kier molecular flexibility index (Phi) is 6.90. The zero-order valence-electron chi connectivity index (χ0n) is 8.41. The number of hydrogen-bond acceptors (Lipinski definition) is 3. The van der Waals surface area contributed by atoms with Gasteiger partial charge in [-0.1, -0.05) is 19.1 Å². The van der Waals surface area contributed by atoms with Crippen LogP contribution in [0.3, 0.4) is 0 Å². The van der Waals surface area contributed by atoms with E-state index in [0.717, 1.165) is 19.5 Å². The van der Waals surface area contributed by atoms with E-state index in [9.17, 15) is 8.42 Å². The van der Waals surface area contributed by atoms with Crippen molar-refractivity contribution in [2.45, 2.75) is 19.8 Å². The Morgan fingerprint density at radius 2 is 2.00 bits per heavy atom. The van der Waals surface area contributed by atoms with E-state index in [1.54, 1.807) is 0 Å². The van der Waals surface area contributed by atoms with Crippen LogP contribution in [0.25, 0.3) is 0 Å². The molecular formula is C9H19NO2S. The van der Waals surface area contributed by atoms with Crippen molar-refractivity contribution in [2.75, 3.05) is 25.1 Å². The number of allylic oxidation sites excluding steroid dienone is 1. The van der Waals surface area contributed by atoms with Crippen molar-refractivity contribution in [3.63, 3.8) is 0 Å². The first-order chi connectivity index (χ1) is 6.06. The van der Waals surface area contributed by atoms with Gasteiger partial charge in [0, 0.05) is 12.8 Å². The van der Waals surface area contributed by atoms with Crippen LogP contribution in [0.5, 0.6) is 0 Å². The summed E-state index contributed by atoms with van der Waals surface area (Å²) in [7, 11) is -2.78. The third-order valence-electron chi connectivity index (χ3n) is 1.53. The molecule has 78 valence electrons. The molecule has 3 nitrogen and oxygen atoms in total. The maximum absolute atomic E-state index is 10.7. The molecule has 0 aliphatic heterocycles. The van der Waals surface area contributed by atoms with Gasteiger partial charge in [0.05, 0.1) is 5.75 Å². The lowest BCUT2D eigenvalue weighted by Crippen LogP contribution is -2.18. The van der Waals surface area contributed by atoms with Crippen LogP contribution in [0.1, 0.15) is 19.8 Å². The van der Waals surface area contributed by atoms with Crippen molar-refractivity contribution < 1.29 is 8.42 Å². The normalized spacial score (nSPS) is 12.5. The summed E-state index contributed by atoms with van der Waals surface area (Å²) in [6, 6.07) is 0. The highest BCUT2D eigenvalue weighted by Crippen LogP contribution is 1.86. The molecule has 0 rings (SSSR count). The minimum absolute atomic E-state index is 0.275. The lowest BCUT2D eigenvalue weighted by atomic mass is 10.4. The quantitative estimate of drug-likeness (QED) is 0.498. The van der Waals surface area contributed by atoms with Gasteiger partial charge in [-0.25, -0.2) is 8.42 Å². The highest BCUT2D eigenvalue weighted by Gasteiger charge is 1.99. The lowest BCUT2D eigenvalue weighted by Gasteiger charge is -1.99. The predicted molar refractivity (Wildman–Crippen MR) is 56.6 cm³/mol. The van der Waals surface area contributed by atoms with Gasteiger partial charge < -0.3 is 5.32 Å². The summed E-state index contributed by atoms with van der Waals surface area (Å²) in [4.78, 5) is 0. The maximum atomic E-state index is 10.7. The van der Waals surface area contributed by atoms with E-state index < -0.39 is 9.84 Å². The predicted octanol–water partition coefficient (Wildman–Crippen LogP) is 0.977. The molecule has 0 spiro atoms. The summed E-state index contributed by atoms with van der Waals surface area (Å²) in [5, 5.41) is 3.14. The van der Waals surface area contributed by atoms with Crippen molar-refractivity contribution >= 4 is 9.84 Å². The Labute approximate surface area is 81.1 Å². The zero-order chi connectivity index (χ0) is 10.2. The second kappa shape index (κ2) is 7.09. The molecule has 0 unspecified atom stereocenters. The van der Waals surface area contributed by atoms with Gasteiger partial charge in [-0.15, -0.1) is 0 Å². The van der Waals surface area contributed by atoms with Crippen LogP contribution in [0.15, 0.2) is 12.2 Å². The molecule has 0 radical (unpaired) electrons. The van der Waals surface area contributed by atoms with Crippen LogP contribution in [-0.4, -0.2) is 33.5 Å². The van der Waals surface area contributed by atoms with Crippen LogP contribution in [0.4, 0.5) is 0 Å². The number of nitrogens with one attached hydrogen (secondary N) is 1. The lowest BCUT2D eigenvalue weighted by molar-refractivity contribution is 0.596. The molecule has 0 fully saturated rings. The average molecular weight is 205 g/mol. The van der Waals surface area contributed by atoms with Crippen LogP contribution >= 0.6 is 0 Å². The smallest absolute Gasteiger partial charge is 0.147 e. The van der Waals surface area contributed by atoms with Crippen molar-refractivity contribution in [1.82, 2.24) is 5.32 Å².